The molecule has 0 aromatic heterocycles. The van der Waals surface area contributed by atoms with Gasteiger partial charge in [-0.05, 0) is 30.4 Å². The standard InChI is InChI=1S/C13H18N2O/c14-9-8-13(16)15-12-7-3-5-10-4-1-2-6-11(10)12/h1-2,4,6,12H,3,5,7-9,14H2,(H,15,16)/t12-/m1/s1. The number of nitrogens with one attached hydrogen (secondary N) is 1. The molecule has 3 N–H and O–H groups in total. The minimum atomic E-state index is 0.0594. The van der Waals surface area contributed by atoms with Crippen molar-refractivity contribution in [1.82, 2.24) is 5.32 Å². The van der Waals surface area contributed by atoms with E-state index in [1.807, 2.05) is 6.07 Å². The molecule has 1 amide bonds. The number of rotatable bonds is 3. The number of benzene rings is 1. The third kappa shape index (κ3) is 2.42. The van der Waals surface area contributed by atoms with E-state index in [1.165, 1.54) is 11.1 Å². The molecule has 0 saturated heterocycles. The first kappa shape index (κ1) is 11.1. The maximum absolute atomic E-state index is 11.5. The van der Waals surface area contributed by atoms with Crippen molar-refractivity contribution >= 4 is 5.91 Å². The Labute approximate surface area is 96.0 Å². The van der Waals surface area contributed by atoms with Crippen LogP contribution in [0.15, 0.2) is 24.3 Å². The zero-order valence-corrected chi connectivity index (χ0v) is 9.41. The summed E-state index contributed by atoms with van der Waals surface area (Å²) in [6.45, 7) is 0.417. The smallest absolute Gasteiger partial charge is 0.221 e. The summed E-state index contributed by atoms with van der Waals surface area (Å²) in [5.74, 6) is 0.0594. The van der Waals surface area contributed by atoms with Crippen molar-refractivity contribution in [1.29, 1.82) is 0 Å². The fraction of sp³-hybridized carbons (Fsp3) is 0.462. The highest BCUT2D eigenvalue weighted by molar-refractivity contribution is 5.76. The van der Waals surface area contributed by atoms with Crippen LogP contribution in [0.5, 0.6) is 0 Å². The fourth-order valence-electron chi connectivity index (χ4n) is 2.30. The number of amides is 1. The molecule has 0 bridgehead atoms. The van der Waals surface area contributed by atoms with Crippen LogP contribution in [0.1, 0.15) is 36.4 Å². The van der Waals surface area contributed by atoms with Crippen LogP contribution >= 0.6 is 0 Å². The van der Waals surface area contributed by atoms with E-state index in [4.69, 9.17) is 5.73 Å². The van der Waals surface area contributed by atoms with Crippen LogP contribution in [0.4, 0.5) is 0 Å². The highest BCUT2D eigenvalue weighted by Gasteiger charge is 2.20. The molecule has 1 aromatic carbocycles. The highest BCUT2D eigenvalue weighted by atomic mass is 16.1. The van der Waals surface area contributed by atoms with Crippen LogP contribution in [0, 0.1) is 0 Å². The van der Waals surface area contributed by atoms with Crippen molar-refractivity contribution in [3.8, 4) is 0 Å². The van der Waals surface area contributed by atoms with Gasteiger partial charge in [-0.1, -0.05) is 24.3 Å². The molecule has 3 heteroatoms. The predicted octanol–water partition coefficient (Wildman–Crippen LogP) is 1.53. The van der Waals surface area contributed by atoms with Crippen molar-refractivity contribution in [2.24, 2.45) is 5.73 Å². The summed E-state index contributed by atoms with van der Waals surface area (Å²) in [5, 5.41) is 3.06. The topological polar surface area (TPSA) is 55.1 Å². The van der Waals surface area contributed by atoms with Crippen LogP contribution in [0.2, 0.25) is 0 Å². The molecule has 0 unspecified atom stereocenters. The van der Waals surface area contributed by atoms with Gasteiger partial charge in [-0.15, -0.1) is 0 Å². The van der Waals surface area contributed by atoms with Gasteiger partial charge in [0.25, 0.3) is 0 Å². The number of hydrogen-bond acceptors (Lipinski definition) is 2. The lowest BCUT2D eigenvalue weighted by molar-refractivity contribution is -0.121. The first-order chi connectivity index (χ1) is 7.81. The van der Waals surface area contributed by atoms with E-state index in [9.17, 15) is 4.79 Å². The summed E-state index contributed by atoms with van der Waals surface area (Å²) in [6.07, 6.45) is 3.72. The zero-order chi connectivity index (χ0) is 11.4. The van der Waals surface area contributed by atoms with Crippen LogP contribution in [-0.2, 0) is 11.2 Å². The lowest BCUT2D eigenvalue weighted by Gasteiger charge is -2.26. The highest BCUT2D eigenvalue weighted by Crippen LogP contribution is 2.29. The first-order valence-electron chi connectivity index (χ1n) is 5.88. The van der Waals surface area contributed by atoms with Crippen LogP contribution in [0.3, 0.4) is 0 Å². The minimum Gasteiger partial charge on any atom is -0.349 e. The molecule has 0 radical (unpaired) electrons. The molecular weight excluding hydrogens is 200 g/mol. The zero-order valence-electron chi connectivity index (χ0n) is 9.41. The quantitative estimate of drug-likeness (QED) is 0.808. The van der Waals surface area contributed by atoms with Crippen molar-refractivity contribution in [3.05, 3.63) is 35.4 Å². The molecule has 86 valence electrons. The van der Waals surface area contributed by atoms with Crippen molar-refractivity contribution in [3.63, 3.8) is 0 Å². The monoisotopic (exact) mass is 218 g/mol. The van der Waals surface area contributed by atoms with E-state index >= 15 is 0 Å². The average molecular weight is 218 g/mol. The SMILES string of the molecule is NCCC(=O)N[C@@H]1CCCc2ccccc21. The lowest BCUT2D eigenvalue weighted by atomic mass is 9.88. The predicted molar refractivity (Wildman–Crippen MR) is 63.9 cm³/mol. The van der Waals surface area contributed by atoms with Gasteiger partial charge >= 0.3 is 0 Å². The van der Waals surface area contributed by atoms with E-state index in [-0.39, 0.29) is 11.9 Å². The Morgan fingerprint density at radius 3 is 3.06 bits per heavy atom. The summed E-state index contributed by atoms with van der Waals surface area (Å²) in [7, 11) is 0. The van der Waals surface area contributed by atoms with Gasteiger partial charge in [-0.25, -0.2) is 0 Å². The molecule has 3 nitrogen and oxygen atoms in total. The summed E-state index contributed by atoms with van der Waals surface area (Å²) in [6, 6.07) is 8.54. The molecule has 1 aliphatic carbocycles. The van der Waals surface area contributed by atoms with E-state index in [0.29, 0.717) is 13.0 Å². The van der Waals surface area contributed by atoms with E-state index < -0.39 is 0 Å². The van der Waals surface area contributed by atoms with Gasteiger partial charge in [0, 0.05) is 13.0 Å². The summed E-state index contributed by atoms with van der Waals surface area (Å²) in [4.78, 5) is 11.5. The number of aryl methyl sites for hydroxylation is 1. The normalized spacial score (nSPS) is 18.9. The van der Waals surface area contributed by atoms with Crippen LogP contribution in [0.25, 0.3) is 0 Å². The Morgan fingerprint density at radius 1 is 1.44 bits per heavy atom. The Kier molecular flexibility index (Phi) is 3.57. The molecule has 0 saturated carbocycles. The minimum absolute atomic E-state index is 0.0594. The molecule has 0 aliphatic heterocycles. The fourth-order valence-corrected chi connectivity index (χ4v) is 2.30. The molecule has 2 rings (SSSR count). The molecule has 0 fully saturated rings. The maximum atomic E-state index is 11.5. The van der Waals surface area contributed by atoms with Gasteiger partial charge in [0.1, 0.15) is 0 Å². The second kappa shape index (κ2) is 5.12. The van der Waals surface area contributed by atoms with Gasteiger partial charge in [0.2, 0.25) is 5.91 Å². The summed E-state index contributed by atoms with van der Waals surface area (Å²) >= 11 is 0. The summed E-state index contributed by atoms with van der Waals surface area (Å²) in [5.41, 5.74) is 8.01. The van der Waals surface area contributed by atoms with Gasteiger partial charge < -0.3 is 11.1 Å². The van der Waals surface area contributed by atoms with Gasteiger partial charge in [0.15, 0.2) is 0 Å². The van der Waals surface area contributed by atoms with E-state index in [1.54, 1.807) is 0 Å². The Bertz CT molecular complexity index is 376. The number of carbonyl (C=O) groups excluding carboxylic acids is 1. The average Bonchev–Trinajstić information content (AvgIpc) is 2.30. The molecule has 0 heterocycles. The number of hydrogen-bond donors (Lipinski definition) is 2. The molecule has 1 aromatic rings. The summed E-state index contributed by atoms with van der Waals surface area (Å²) < 4.78 is 0. The van der Waals surface area contributed by atoms with Gasteiger partial charge in [-0.2, -0.15) is 0 Å². The second-order valence-corrected chi connectivity index (χ2v) is 4.25. The van der Waals surface area contributed by atoms with Crippen molar-refractivity contribution in [2.75, 3.05) is 6.54 Å². The lowest BCUT2D eigenvalue weighted by Crippen LogP contribution is -2.32. The first-order valence-corrected chi connectivity index (χ1v) is 5.88. The van der Waals surface area contributed by atoms with Crippen LogP contribution in [-0.4, -0.2) is 12.5 Å². The second-order valence-electron chi connectivity index (χ2n) is 4.25. The van der Waals surface area contributed by atoms with Crippen LogP contribution < -0.4 is 11.1 Å². The Hall–Kier alpha value is -1.35. The van der Waals surface area contributed by atoms with Gasteiger partial charge in [-0.3, -0.25) is 4.79 Å². The number of carbonyl (C=O) groups is 1. The van der Waals surface area contributed by atoms with E-state index in [0.717, 1.165) is 19.3 Å². The third-order valence-corrected chi connectivity index (χ3v) is 3.08. The molecule has 1 aliphatic rings. The molecule has 1 atom stereocenters. The van der Waals surface area contributed by atoms with Crippen molar-refractivity contribution in [2.45, 2.75) is 31.7 Å². The maximum Gasteiger partial charge on any atom is 0.221 e. The van der Waals surface area contributed by atoms with Gasteiger partial charge in [0.05, 0.1) is 6.04 Å². The largest absolute Gasteiger partial charge is 0.349 e. The Balaban J connectivity index is 2.10. The third-order valence-electron chi connectivity index (χ3n) is 3.08. The molecule has 16 heavy (non-hydrogen) atoms. The van der Waals surface area contributed by atoms with Crippen molar-refractivity contribution < 1.29 is 4.79 Å². The number of nitrogens with two attached hydrogens (primary N) is 1. The molecular formula is C13H18N2O. The van der Waals surface area contributed by atoms with E-state index in [2.05, 4.69) is 23.5 Å². The molecule has 0 spiro atoms. The number of fused-ring (bicyclic) bond motifs is 1. The Morgan fingerprint density at radius 2 is 2.25 bits per heavy atom.